The molecular formula is C22H15F2N3O4. The highest BCUT2D eigenvalue weighted by Gasteiger charge is 2.21. The van der Waals surface area contributed by atoms with Crippen LogP contribution in [0.2, 0.25) is 0 Å². The number of carbonyl (C=O) groups is 2. The zero-order chi connectivity index (χ0) is 22.1. The molecule has 2 aromatic heterocycles. The second-order valence-corrected chi connectivity index (χ2v) is 6.66. The molecule has 0 spiro atoms. The van der Waals surface area contributed by atoms with Gasteiger partial charge in [0.15, 0.2) is 0 Å². The second-order valence-electron chi connectivity index (χ2n) is 6.66. The lowest BCUT2D eigenvalue weighted by Crippen LogP contribution is -2.17. The standard InChI is InChI=1S/C22H15F2N3O4/c1-11-8-13(23)3-5-16(11)30-18-7-2-12(10-26-18)22(29)27-19-15-9-14(24)4-6-17(15)31-20(19)21(25)28/h2-10H,1H3,(H2,25,28)(H,27,29). The van der Waals surface area contributed by atoms with Gasteiger partial charge in [-0.15, -0.1) is 0 Å². The Hall–Kier alpha value is -4.27. The molecule has 4 rings (SSSR count). The molecule has 3 N–H and O–H groups in total. The van der Waals surface area contributed by atoms with Gasteiger partial charge in [-0.3, -0.25) is 9.59 Å². The van der Waals surface area contributed by atoms with E-state index in [1.807, 2.05) is 0 Å². The lowest BCUT2D eigenvalue weighted by molar-refractivity contribution is 0.0977. The van der Waals surface area contributed by atoms with Crippen LogP contribution in [0.4, 0.5) is 14.5 Å². The van der Waals surface area contributed by atoms with Gasteiger partial charge in [-0.05, 0) is 55.0 Å². The number of aromatic nitrogens is 1. The molecule has 0 aliphatic rings. The van der Waals surface area contributed by atoms with Crippen molar-refractivity contribution in [1.29, 1.82) is 0 Å². The summed E-state index contributed by atoms with van der Waals surface area (Å²) in [5.41, 5.74) is 6.21. The van der Waals surface area contributed by atoms with Crippen LogP contribution in [0.25, 0.3) is 11.0 Å². The first-order chi connectivity index (χ1) is 14.8. The zero-order valence-electron chi connectivity index (χ0n) is 16.1. The predicted molar refractivity (Wildman–Crippen MR) is 108 cm³/mol. The van der Waals surface area contributed by atoms with Crippen LogP contribution < -0.4 is 15.8 Å². The number of anilines is 1. The number of nitrogens with two attached hydrogens (primary N) is 1. The highest BCUT2D eigenvalue weighted by Crippen LogP contribution is 2.32. The van der Waals surface area contributed by atoms with Crippen LogP contribution in [0, 0.1) is 18.6 Å². The number of amides is 2. The maximum absolute atomic E-state index is 13.6. The van der Waals surface area contributed by atoms with E-state index in [0.717, 1.165) is 12.1 Å². The first kappa shape index (κ1) is 20.0. The van der Waals surface area contributed by atoms with Gasteiger partial charge in [0.05, 0.1) is 5.56 Å². The molecule has 31 heavy (non-hydrogen) atoms. The number of aryl methyl sites for hydroxylation is 1. The van der Waals surface area contributed by atoms with Crippen molar-refractivity contribution < 1.29 is 27.5 Å². The van der Waals surface area contributed by atoms with Crippen molar-refractivity contribution in [3.8, 4) is 11.6 Å². The van der Waals surface area contributed by atoms with E-state index in [1.165, 1.54) is 42.6 Å². The average Bonchev–Trinajstić information content (AvgIpc) is 3.08. The maximum Gasteiger partial charge on any atom is 0.286 e. The van der Waals surface area contributed by atoms with Crippen molar-refractivity contribution >= 4 is 28.5 Å². The predicted octanol–water partition coefficient (Wildman–Crippen LogP) is 4.56. The summed E-state index contributed by atoms with van der Waals surface area (Å²) in [4.78, 5) is 28.4. The summed E-state index contributed by atoms with van der Waals surface area (Å²) in [6.07, 6.45) is 1.26. The van der Waals surface area contributed by atoms with Gasteiger partial charge in [0, 0.05) is 17.6 Å². The Bertz CT molecular complexity index is 1320. The lowest BCUT2D eigenvalue weighted by atomic mass is 10.2. The largest absolute Gasteiger partial charge is 0.449 e. The zero-order valence-corrected chi connectivity index (χ0v) is 16.1. The number of rotatable bonds is 5. The molecule has 0 radical (unpaired) electrons. The van der Waals surface area contributed by atoms with Crippen molar-refractivity contribution in [2.75, 3.05) is 5.32 Å². The fourth-order valence-corrected chi connectivity index (χ4v) is 2.97. The number of hydrogen-bond acceptors (Lipinski definition) is 5. The van der Waals surface area contributed by atoms with Crippen LogP contribution in [0.15, 0.2) is 59.1 Å². The Balaban J connectivity index is 1.57. The van der Waals surface area contributed by atoms with Crippen LogP contribution in [-0.2, 0) is 0 Å². The third-order valence-corrected chi connectivity index (χ3v) is 4.46. The van der Waals surface area contributed by atoms with Crippen LogP contribution in [-0.4, -0.2) is 16.8 Å². The minimum Gasteiger partial charge on any atom is -0.449 e. The SMILES string of the molecule is Cc1cc(F)ccc1Oc1ccc(C(=O)Nc2c(C(N)=O)oc3ccc(F)cc23)cn1. The number of furan rings is 1. The van der Waals surface area contributed by atoms with Crippen LogP contribution >= 0.6 is 0 Å². The van der Waals surface area contributed by atoms with E-state index >= 15 is 0 Å². The molecule has 9 heteroatoms. The summed E-state index contributed by atoms with van der Waals surface area (Å²) in [7, 11) is 0. The molecule has 0 aliphatic carbocycles. The van der Waals surface area contributed by atoms with E-state index in [2.05, 4.69) is 10.3 Å². The molecule has 7 nitrogen and oxygen atoms in total. The Morgan fingerprint density at radius 1 is 1.06 bits per heavy atom. The third kappa shape index (κ3) is 4.06. The Morgan fingerprint density at radius 2 is 1.81 bits per heavy atom. The first-order valence-electron chi connectivity index (χ1n) is 9.05. The Morgan fingerprint density at radius 3 is 2.48 bits per heavy atom. The number of pyridine rings is 1. The van der Waals surface area contributed by atoms with Gasteiger partial charge < -0.3 is 20.2 Å². The van der Waals surface area contributed by atoms with Crippen molar-refractivity contribution in [2.45, 2.75) is 6.92 Å². The van der Waals surface area contributed by atoms with Gasteiger partial charge >= 0.3 is 0 Å². The Labute approximate surface area is 174 Å². The van der Waals surface area contributed by atoms with E-state index in [9.17, 15) is 18.4 Å². The summed E-state index contributed by atoms with van der Waals surface area (Å²) in [6, 6.07) is 10.6. The van der Waals surface area contributed by atoms with Gasteiger partial charge in [0.2, 0.25) is 11.6 Å². The number of nitrogens with one attached hydrogen (secondary N) is 1. The number of primary amides is 1. The molecule has 2 heterocycles. The van der Waals surface area contributed by atoms with Crippen molar-refractivity contribution in [1.82, 2.24) is 4.98 Å². The van der Waals surface area contributed by atoms with Crippen molar-refractivity contribution in [3.05, 3.63) is 83.2 Å². The van der Waals surface area contributed by atoms with E-state index in [0.29, 0.717) is 11.3 Å². The van der Waals surface area contributed by atoms with Crippen LogP contribution in [0.1, 0.15) is 26.5 Å². The van der Waals surface area contributed by atoms with Crippen molar-refractivity contribution in [3.63, 3.8) is 0 Å². The summed E-state index contributed by atoms with van der Waals surface area (Å²) < 4.78 is 37.8. The quantitative estimate of drug-likeness (QED) is 0.489. The molecule has 4 aromatic rings. The van der Waals surface area contributed by atoms with Gasteiger partial charge in [-0.2, -0.15) is 0 Å². The first-order valence-corrected chi connectivity index (χ1v) is 9.05. The van der Waals surface area contributed by atoms with Gasteiger partial charge in [-0.1, -0.05) is 0 Å². The molecule has 2 amide bonds. The molecule has 0 saturated carbocycles. The molecule has 0 aliphatic heterocycles. The molecule has 156 valence electrons. The lowest BCUT2D eigenvalue weighted by Gasteiger charge is -2.09. The fourth-order valence-electron chi connectivity index (χ4n) is 2.97. The van der Waals surface area contributed by atoms with E-state index in [4.69, 9.17) is 14.9 Å². The van der Waals surface area contributed by atoms with E-state index < -0.39 is 17.6 Å². The Kier molecular flexibility index (Phi) is 5.08. The summed E-state index contributed by atoms with van der Waals surface area (Å²) in [5.74, 6) is -2.17. The topological polar surface area (TPSA) is 107 Å². The number of nitrogens with zero attached hydrogens (tertiary/aromatic N) is 1. The number of fused-ring (bicyclic) bond motifs is 1. The van der Waals surface area contributed by atoms with E-state index in [-0.39, 0.29) is 39.7 Å². The number of halogens is 2. The highest BCUT2D eigenvalue weighted by molar-refractivity contribution is 6.14. The normalized spacial score (nSPS) is 10.8. The fraction of sp³-hybridized carbons (Fsp3) is 0.0455. The number of hydrogen-bond donors (Lipinski definition) is 2. The maximum atomic E-state index is 13.6. The molecule has 0 bridgehead atoms. The highest BCUT2D eigenvalue weighted by atomic mass is 19.1. The minimum atomic E-state index is -0.913. The minimum absolute atomic E-state index is 0.0331. The van der Waals surface area contributed by atoms with Gasteiger partial charge in [0.25, 0.3) is 11.8 Å². The van der Waals surface area contributed by atoms with Crippen LogP contribution in [0.3, 0.4) is 0 Å². The van der Waals surface area contributed by atoms with Gasteiger partial charge in [0.1, 0.15) is 28.7 Å². The average molecular weight is 423 g/mol. The number of ether oxygens (including phenoxy) is 1. The summed E-state index contributed by atoms with van der Waals surface area (Å²) >= 11 is 0. The van der Waals surface area contributed by atoms with Gasteiger partial charge in [-0.25, -0.2) is 13.8 Å². The molecule has 0 saturated heterocycles. The molecular weight excluding hydrogens is 408 g/mol. The third-order valence-electron chi connectivity index (χ3n) is 4.46. The molecule has 0 atom stereocenters. The molecule has 0 fully saturated rings. The molecule has 2 aromatic carbocycles. The summed E-state index contributed by atoms with van der Waals surface area (Å²) in [5, 5.41) is 2.72. The summed E-state index contributed by atoms with van der Waals surface area (Å²) in [6.45, 7) is 1.69. The number of carbonyl (C=O) groups excluding carboxylic acids is 2. The smallest absolute Gasteiger partial charge is 0.286 e. The van der Waals surface area contributed by atoms with E-state index in [1.54, 1.807) is 6.92 Å². The monoisotopic (exact) mass is 423 g/mol. The number of benzene rings is 2. The van der Waals surface area contributed by atoms with Crippen LogP contribution in [0.5, 0.6) is 11.6 Å². The second kappa shape index (κ2) is 7.86. The molecule has 0 unspecified atom stereocenters. The van der Waals surface area contributed by atoms with Crippen molar-refractivity contribution in [2.24, 2.45) is 5.73 Å².